The molecular formula is C33H64O2. The van der Waals surface area contributed by atoms with E-state index in [1.54, 1.807) is 0 Å². The third-order valence-corrected chi connectivity index (χ3v) is 7.46. The molecule has 0 aromatic carbocycles. The summed E-state index contributed by atoms with van der Waals surface area (Å²) >= 11 is 0. The van der Waals surface area contributed by atoms with Gasteiger partial charge in [0.2, 0.25) is 0 Å². The molecule has 35 heavy (non-hydrogen) atoms. The van der Waals surface area contributed by atoms with Crippen LogP contribution in [0.15, 0.2) is 12.2 Å². The summed E-state index contributed by atoms with van der Waals surface area (Å²) in [5.74, 6) is 0.518. The van der Waals surface area contributed by atoms with Crippen LogP contribution in [0.1, 0.15) is 181 Å². The van der Waals surface area contributed by atoms with Crippen molar-refractivity contribution in [2.45, 2.75) is 181 Å². The molecule has 0 saturated heterocycles. The monoisotopic (exact) mass is 492 g/mol. The fourth-order valence-electron chi connectivity index (χ4n) is 5.07. The van der Waals surface area contributed by atoms with Crippen LogP contribution in [0.25, 0.3) is 0 Å². The molecule has 0 aliphatic carbocycles. The summed E-state index contributed by atoms with van der Waals surface area (Å²) in [7, 11) is 0. The van der Waals surface area contributed by atoms with Gasteiger partial charge in [-0.05, 0) is 25.7 Å². The van der Waals surface area contributed by atoms with Crippen molar-refractivity contribution in [1.82, 2.24) is 0 Å². The van der Waals surface area contributed by atoms with Gasteiger partial charge in [0.1, 0.15) is 6.61 Å². The Balaban J connectivity index is 3.90. The van der Waals surface area contributed by atoms with E-state index in [1.165, 1.54) is 154 Å². The Morgan fingerprint density at radius 3 is 1.26 bits per heavy atom. The highest BCUT2D eigenvalue weighted by molar-refractivity contribution is 5.69. The van der Waals surface area contributed by atoms with Gasteiger partial charge in [-0.3, -0.25) is 4.79 Å². The average Bonchev–Trinajstić information content (AvgIpc) is 2.85. The third kappa shape index (κ3) is 27.6. The zero-order chi connectivity index (χ0) is 25.7. The molecule has 0 heterocycles. The molecule has 0 radical (unpaired) electrons. The van der Waals surface area contributed by atoms with Crippen molar-refractivity contribution in [3.63, 3.8) is 0 Å². The van der Waals surface area contributed by atoms with Crippen LogP contribution in [-0.2, 0) is 9.53 Å². The lowest BCUT2D eigenvalue weighted by molar-refractivity contribution is -0.143. The topological polar surface area (TPSA) is 26.3 Å². The highest BCUT2D eigenvalue weighted by atomic mass is 16.5. The van der Waals surface area contributed by atoms with Crippen LogP contribution < -0.4 is 0 Å². The summed E-state index contributed by atoms with van der Waals surface area (Å²) in [4.78, 5) is 12.3. The fourth-order valence-corrected chi connectivity index (χ4v) is 5.07. The van der Waals surface area contributed by atoms with Crippen LogP contribution in [0.3, 0.4) is 0 Å². The molecule has 0 aromatic rings. The van der Waals surface area contributed by atoms with E-state index >= 15 is 0 Å². The molecule has 0 saturated carbocycles. The molecule has 0 fully saturated rings. The van der Waals surface area contributed by atoms with E-state index in [4.69, 9.17) is 4.74 Å². The van der Waals surface area contributed by atoms with Crippen LogP contribution in [0.4, 0.5) is 0 Å². The van der Waals surface area contributed by atoms with Gasteiger partial charge >= 0.3 is 5.97 Å². The van der Waals surface area contributed by atoms with Gasteiger partial charge in [-0.25, -0.2) is 0 Å². The molecule has 0 N–H and O–H groups in total. The maximum Gasteiger partial charge on any atom is 0.306 e. The minimum absolute atomic E-state index is 0.000819. The SMILES string of the molecule is C/C=C/COC(=O)CC(CCCCCCCCCCCC)CCCCCCCCCCCCCC. The van der Waals surface area contributed by atoms with Gasteiger partial charge in [-0.15, -0.1) is 0 Å². The molecule has 2 nitrogen and oxygen atoms in total. The number of carbonyl (C=O) groups is 1. The van der Waals surface area contributed by atoms with Gasteiger partial charge in [-0.1, -0.05) is 167 Å². The van der Waals surface area contributed by atoms with E-state index < -0.39 is 0 Å². The number of hydrogen-bond acceptors (Lipinski definition) is 2. The second kappa shape index (κ2) is 29.4. The quantitative estimate of drug-likeness (QED) is 0.0616. The number of ether oxygens (including phenoxy) is 1. The lowest BCUT2D eigenvalue weighted by Gasteiger charge is -2.16. The second-order valence-electron chi connectivity index (χ2n) is 11.0. The predicted molar refractivity (Wildman–Crippen MR) is 156 cm³/mol. The summed E-state index contributed by atoms with van der Waals surface area (Å²) in [6, 6.07) is 0. The molecule has 208 valence electrons. The number of hydrogen-bond donors (Lipinski definition) is 0. The predicted octanol–water partition coefficient (Wildman–Crippen LogP) is 11.5. The standard InChI is InChI=1S/C33H64O2/c1-4-7-10-12-14-16-18-19-21-23-25-27-29-32(31-33(34)35-30-9-6-3)28-26-24-22-20-17-15-13-11-8-5-2/h6,9,32H,4-5,7-8,10-31H2,1-3H3/b9-6+. The minimum atomic E-state index is -0.000819. The van der Waals surface area contributed by atoms with Crippen LogP contribution in [0, 0.1) is 5.92 Å². The summed E-state index contributed by atoms with van der Waals surface area (Å²) in [6.07, 6.45) is 37.3. The van der Waals surface area contributed by atoms with Crippen LogP contribution in [-0.4, -0.2) is 12.6 Å². The maximum absolute atomic E-state index is 12.3. The largest absolute Gasteiger partial charge is 0.461 e. The van der Waals surface area contributed by atoms with Gasteiger partial charge in [0.05, 0.1) is 0 Å². The Labute approximate surface area is 221 Å². The number of carbonyl (C=O) groups excluding carboxylic acids is 1. The Morgan fingerprint density at radius 2 is 0.914 bits per heavy atom. The van der Waals surface area contributed by atoms with Gasteiger partial charge < -0.3 is 4.74 Å². The van der Waals surface area contributed by atoms with Crippen LogP contribution in [0.2, 0.25) is 0 Å². The van der Waals surface area contributed by atoms with Crippen molar-refractivity contribution in [2.24, 2.45) is 5.92 Å². The molecule has 1 unspecified atom stereocenters. The summed E-state index contributed by atoms with van der Waals surface area (Å²) in [5, 5.41) is 0. The number of unbranched alkanes of at least 4 members (excludes halogenated alkanes) is 20. The van der Waals surface area contributed by atoms with Gasteiger partial charge in [0.15, 0.2) is 0 Å². The van der Waals surface area contributed by atoms with E-state index in [2.05, 4.69) is 13.8 Å². The van der Waals surface area contributed by atoms with E-state index in [0.29, 0.717) is 18.9 Å². The van der Waals surface area contributed by atoms with Crippen molar-refractivity contribution >= 4 is 5.97 Å². The molecule has 0 amide bonds. The van der Waals surface area contributed by atoms with E-state index in [0.717, 1.165) is 0 Å². The third-order valence-electron chi connectivity index (χ3n) is 7.46. The summed E-state index contributed by atoms with van der Waals surface area (Å²) in [6.45, 7) is 6.97. The van der Waals surface area contributed by atoms with Gasteiger partial charge in [0.25, 0.3) is 0 Å². The Bertz CT molecular complexity index is 442. The smallest absolute Gasteiger partial charge is 0.306 e. The average molecular weight is 493 g/mol. The first-order chi connectivity index (χ1) is 17.2. The summed E-state index contributed by atoms with van der Waals surface area (Å²) < 4.78 is 5.40. The van der Waals surface area contributed by atoms with Crippen molar-refractivity contribution in [3.8, 4) is 0 Å². The van der Waals surface area contributed by atoms with E-state index in [9.17, 15) is 4.79 Å². The van der Waals surface area contributed by atoms with E-state index in [-0.39, 0.29) is 5.97 Å². The molecule has 2 heteroatoms. The number of rotatable bonds is 28. The molecule has 0 bridgehead atoms. The maximum atomic E-state index is 12.3. The Hall–Kier alpha value is -0.790. The lowest BCUT2D eigenvalue weighted by atomic mass is 9.91. The normalized spacial score (nSPS) is 12.4. The van der Waals surface area contributed by atoms with Crippen molar-refractivity contribution in [2.75, 3.05) is 6.61 Å². The molecule has 0 aliphatic rings. The molecule has 0 rings (SSSR count). The Kier molecular flexibility index (Phi) is 28.8. The van der Waals surface area contributed by atoms with Crippen molar-refractivity contribution < 1.29 is 9.53 Å². The van der Waals surface area contributed by atoms with Crippen molar-refractivity contribution in [3.05, 3.63) is 12.2 Å². The van der Waals surface area contributed by atoms with E-state index in [1.807, 2.05) is 19.1 Å². The zero-order valence-corrected chi connectivity index (χ0v) is 24.4. The molecular weight excluding hydrogens is 428 g/mol. The number of esters is 1. The number of allylic oxidation sites excluding steroid dienone is 1. The first-order valence-electron chi connectivity index (χ1n) is 16.0. The highest BCUT2D eigenvalue weighted by Gasteiger charge is 2.14. The zero-order valence-electron chi connectivity index (χ0n) is 24.4. The molecule has 0 aromatic heterocycles. The summed E-state index contributed by atoms with van der Waals surface area (Å²) in [5.41, 5.74) is 0. The Morgan fingerprint density at radius 1 is 0.571 bits per heavy atom. The second-order valence-corrected chi connectivity index (χ2v) is 11.0. The first kappa shape index (κ1) is 34.2. The highest BCUT2D eigenvalue weighted by Crippen LogP contribution is 2.23. The van der Waals surface area contributed by atoms with Crippen LogP contribution >= 0.6 is 0 Å². The van der Waals surface area contributed by atoms with Gasteiger partial charge in [0, 0.05) is 6.42 Å². The molecule has 0 aliphatic heterocycles. The van der Waals surface area contributed by atoms with Gasteiger partial charge in [-0.2, -0.15) is 0 Å². The first-order valence-corrected chi connectivity index (χ1v) is 16.0. The minimum Gasteiger partial charge on any atom is -0.461 e. The lowest BCUT2D eigenvalue weighted by Crippen LogP contribution is -2.12. The van der Waals surface area contributed by atoms with Crippen LogP contribution in [0.5, 0.6) is 0 Å². The molecule has 1 atom stereocenters. The molecule has 0 spiro atoms. The fraction of sp³-hybridized carbons (Fsp3) is 0.909. The van der Waals surface area contributed by atoms with Crippen molar-refractivity contribution in [1.29, 1.82) is 0 Å².